The van der Waals surface area contributed by atoms with Gasteiger partial charge in [0.15, 0.2) is 5.96 Å². The van der Waals surface area contributed by atoms with E-state index in [9.17, 15) is 0 Å². The van der Waals surface area contributed by atoms with Gasteiger partial charge in [-0.05, 0) is 18.8 Å². The first kappa shape index (κ1) is 16.2. The molecule has 1 atom stereocenters. The number of rotatable bonds is 2. The number of hydrogen-bond acceptors (Lipinski definition) is 3. The number of hydrogen-bond donors (Lipinski definition) is 1. The number of guanidine groups is 1. The van der Waals surface area contributed by atoms with Crippen molar-refractivity contribution in [2.75, 3.05) is 20.1 Å². The molecule has 1 N–H and O–H groups in total. The first-order valence-electron chi connectivity index (χ1n) is 6.49. The highest BCUT2D eigenvalue weighted by atomic mass is 127. The van der Waals surface area contributed by atoms with Crippen LogP contribution in [0.2, 0.25) is 0 Å². The summed E-state index contributed by atoms with van der Waals surface area (Å²) in [6, 6.07) is 0. The molecule has 1 aliphatic rings. The maximum Gasteiger partial charge on any atom is 0.194 e. The van der Waals surface area contributed by atoms with Crippen LogP contribution in [0.25, 0.3) is 0 Å². The fraction of sp³-hybridized carbons (Fsp3) is 0.750. The van der Waals surface area contributed by atoms with Crippen LogP contribution in [0.3, 0.4) is 0 Å². The number of halogens is 1. The van der Waals surface area contributed by atoms with E-state index >= 15 is 0 Å². The molecular weight excluding hydrogens is 355 g/mol. The fourth-order valence-corrected chi connectivity index (χ4v) is 2.35. The fourth-order valence-electron chi connectivity index (χ4n) is 2.35. The van der Waals surface area contributed by atoms with Crippen molar-refractivity contribution in [3.05, 3.63) is 12.2 Å². The van der Waals surface area contributed by atoms with Gasteiger partial charge < -0.3 is 10.2 Å². The van der Waals surface area contributed by atoms with Crippen LogP contribution >= 0.6 is 24.0 Å². The van der Waals surface area contributed by atoms with E-state index in [-0.39, 0.29) is 24.0 Å². The van der Waals surface area contributed by atoms with Gasteiger partial charge in [0.05, 0.1) is 6.54 Å². The molecule has 0 spiro atoms. The quantitative estimate of drug-likeness (QED) is 0.478. The van der Waals surface area contributed by atoms with Gasteiger partial charge in [0.2, 0.25) is 0 Å². The SMILES string of the molecule is CN=C(NCc1ncnn1C)N1CCCC(C)C1.I. The van der Waals surface area contributed by atoms with E-state index in [0.717, 1.165) is 30.8 Å². The van der Waals surface area contributed by atoms with Gasteiger partial charge in [-0.25, -0.2) is 4.98 Å². The van der Waals surface area contributed by atoms with Crippen LogP contribution in [-0.4, -0.2) is 45.8 Å². The van der Waals surface area contributed by atoms with Gasteiger partial charge in [0, 0.05) is 27.2 Å². The molecule has 2 rings (SSSR count). The zero-order valence-electron chi connectivity index (χ0n) is 11.8. The predicted octanol–water partition coefficient (Wildman–Crippen LogP) is 1.24. The second-order valence-corrected chi connectivity index (χ2v) is 4.89. The standard InChI is InChI=1S/C12H22N6.HI/c1-10-5-4-6-18(8-10)12(13-2)14-7-11-15-9-16-17(11)3;/h9-10H,4-8H2,1-3H3,(H,13,14);1H. The molecule has 0 amide bonds. The van der Waals surface area contributed by atoms with E-state index in [4.69, 9.17) is 0 Å². The molecule has 2 heterocycles. The molecule has 0 saturated carbocycles. The van der Waals surface area contributed by atoms with Crippen LogP contribution in [0.5, 0.6) is 0 Å². The topological polar surface area (TPSA) is 58.3 Å². The summed E-state index contributed by atoms with van der Waals surface area (Å²) in [6.45, 7) is 5.12. The maximum absolute atomic E-state index is 4.35. The summed E-state index contributed by atoms with van der Waals surface area (Å²) in [5.74, 6) is 2.62. The van der Waals surface area contributed by atoms with Crippen LogP contribution in [0, 0.1) is 5.92 Å². The lowest BCUT2D eigenvalue weighted by Crippen LogP contribution is -2.46. The zero-order valence-corrected chi connectivity index (χ0v) is 14.2. The summed E-state index contributed by atoms with van der Waals surface area (Å²) in [6.07, 6.45) is 4.13. The molecular formula is C12H23IN6. The number of likely N-dealkylation sites (tertiary alicyclic amines) is 1. The van der Waals surface area contributed by atoms with Crippen molar-refractivity contribution < 1.29 is 0 Å². The van der Waals surface area contributed by atoms with Crippen LogP contribution in [0.15, 0.2) is 11.3 Å². The highest BCUT2D eigenvalue weighted by Gasteiger charge is 2.19. The number of aromatic nitrogens is 3. The molecule has 108 valence electrons. The summed E-state index contributed by atoms with van der Waals surface area (Å²) < 4.78 is 1.78. The van der Waals surface area contributed by atoms with E-state index in [0.29, 0.717) is 6.54 Å². The van der Waals surface area contributed by atoms with Crippen molar-refractivity contribution in [3.63, 3.8) is 0 Å². The third-order valence-electron chi connectivity index (χ3n) is 3.38. The van der Waals surface area contributed by atoms with E-state index in [1.807, 2.05) is 14.1 Å². The van der Waals surface area contributed by atoms with Gasteiger partial charge in [-0.15, -0.1) is 24.0 Å². The molecule has 0 bridgehead atoms. The van der Waals surface area contributed by atoms with Gasteiger partial charge in [0.1, 0.15) is 12.2 Å². The molecule has 7 heteroatoms. The third-order valence-corrected chi connectivity index (χ3v) is 3.38. The van der Waals surface area contributed by atoms with Crippen molar-refractivity contribution in [1.29, 1.82) is 0 Å². The largest absolute Gasteiger partial charge is 0.349 e. The van der Waals surface area contributed by atoms with Crippen molar-refractivity contribution in [2.45, 2.75) is 26.3 Å². The number of nitrogens with zero attached hydrogens (tertiary/aromatic N) is 5. The molecule has 0 aromatic carbocycles. The Labute approximate surface area is 131 Å². The Hall–Kier alpha value is -0.860. The van der Waals surface area contributed by atoms with Crippen molar-refractivity contribution >= 4 is 29.9 Å². The summed E-state index contributed by atoms with van der Waals surface area (Å²) in [4.78, 5) is 10.9. The van der Waals surface area contributed by atoms with Crippen LogP contribution in [0.1, 0.15) is 25.6 Å². The van der Waals surface area contributed by atoms with E-state index in [1.54, 1.807) is 11.0 Å². The maximum atomic E-state index is 4.35. The lowest BCUT2D eigenvalue weighted by molar-refractivity contribution is 0.265. The highest BCUT2D eigenvalue weighted by molar-refractivity contribution is 14.0. The lowest BCUT2D eigenvalue weighted by atomic mass is 10.0. The van der Waals surface area contributed by atoms with Crippen molar-refractivity contribution in [2.24, 2.45) is 18.0 Å². The molecule has 1 aliphatic heterocycles. The van der Waals surface area contributed by atoms with E-state index < -0.39 is 0 Å². The minimum Gasteiger partial charge on any atom is -0.349 e. The second-order valence-electron chi connectivity index (χ2n) is 4.89. The van der Waals surface area contributed by atoms with E-state index in [1.165, 1.54) is 12.8 Å². The number of aryl methyl sites for hydroxylation is 1. The van der Waals surface area contributed by atoms with Gasteiger partial charge in [-0.3, -0.25) is 9.67 Å². The first-order valence-corrected chi connectivity index (χ1v) is 6.49. The van der Waals surface area contributed by atoms with Crippen molar-refractivity contribution in [1.82, 2.24) is 25.0 Å². The Bertz CT molecular complexity index is 416. The summed E-state index contributed by atoms with van der Waals surface area (Å²) in [5.41, 5.74) is 0. The molecule has 1 unspecified atom stereocenters. The molecule has 1 aromatic rings. The average Bonchev–Trinajstić information content (AvgIpc) is 2.76. The lowest BCUT2D eigenvalue weighted by Gasteiger charge is -2.33. The molecule has 19 heavy (non-hydrogen) atoms. The molecule has 6 nitrogen and oxygen atoms in total. The monoisotopic (exact) mass is 378 g/mol. The Morgan fingerprint density at radius 1 is 1.58 bits per heavy atom. The second kappa shape index (κ2) is 7.66. The molecule has 1 saturated heterocycles. The number of nitrogens with one attached hydrogen (secondary N) is 1. The minimum absolute atomic E-state index is 0. The average molecular weight is 378 g/mol. The number of aliphatic imine (C=N–C) groups is 1. The Morgan fingerprint density at radius 2 is 2.37 bits per heavy atom. The smallest absolute Gasteiger partial charge is 0.194 e. The number of piperidine rings is 1. The molecule has 0 radical (unpaired) electrons. The summed E-state index contributed by atoms with van der Waals surface area (Å²) in [7, 11) is 3.73. The Balaban J connectivity index is 0.00000180. The Morgan fingerprint density at radius 3 is 2.95 bits per heavy atom. The van der Waals surface area contributed by atoms with Gasteiger partial charge in [-0.2, -0.15) is 5.10 Å². The summed E-state index contributed by atoms with van der Waals surface area (Å²) in [5, 5.41) is 7.41. The zero-order chi connectivity index (χ0) is 13.0. The molecule has 1 fully saturated rings. The van der Waals surface area contributed by atoms with Gasteiger partial charge in [-0.1, -0.05) is 6.92 Å². The van der Waals surface area contributed by atoms with Gasteiger partial charge in [0.25, 0.3) is 0 Å². The molecule has 1 aromatic heterocycles. The summed E-state index contributed by atoms with van der Waals surface area (Å²) >= 11 is 0. The van der Waals surface area contributed by atoms with Crippen LogP contribution in [-0.2, 0) is 13.6 Å². The highest BCUT2D eigenvalue weighted by Crippen LogP contribution is 2.15. The third kappa shape index (κ3) is 4.32. The van der Waals surface area contributed by atoms with Crippen LogP contribution < -0.4 is 5.32 Å². The minimum atomic E-state index is 0. The normalized spacial score (nSPS) is 20.1. The Kier molecular flexibility index (Phi) is 6.53. The first-order chi connectivity index (χ1) is 8.70. The van der Waals surface area contributed by atoms with Crippen molar-refractivity contribution in [3.8, 4) is 0 Å². The molecule has 0 aliphatic carbocycles. The van der Waals surface area contributed by atoms with Gasteiger partial charge >= 0.3 is 0 Å². The van der Waals surface area contributed by atoms with E-state index in [2.05, 4.69) is 32.2 Å². The predicted molar refractivity (Wildman–Crippen MR) is 86.6 cm³/mol. The van der Waals surface area contributed by atoms with Crippen LogP contribution in [0.4, 0.5) is 0 Å².